The van der Waals surface area contributed by atoms with Crippen molar-refractivity contribution in [3.05, 3.63) is 69.4 Å². The van der Waals surface area contributed by atoms with Gasteiger partial charge in [0.15, 0.2) is 22.8 Å². The molecular weight excluding hydrogens is 684 g/mol. The second kappa shape index (κ2) is 13.9. The first-order valence-electron chi connectivity index (χ1n) is 19.6. The van der Waals surface area contributed by atoms with Crippen molar-refractivity contribution in [1.29, 1.82) is 0 Å². The predicted molar refractivity (Wildman–Crippen MR) is 207 cm³/mol. The molecule has 10 heteroatoms. The molecule has 5 atom stereocenters. The van der Waals surface area contributed by atoms with Gasteiger partial charge in [0.2, 0.25) is 0 Å². The van der Waals surface area contributed by atoms with Gasteiger partial charge in [-0.3, -0.25) is 14.5 Å². The van der Waals surface area contributed by atoms with E-state index in [-0.39, 0.29) is 47.6 Å². The molecule has 1 spiro atoms. The maximum Gasteiger partial charge on any atom is 0.333 e. The highest BCUT2D eigenvalue weighted by atomic mass is 16.6. The van der Waals surface area contributed by atoms with E-state index in [0.29, 0.717) is 53.8 Å². The van der Waals surface area contributed by atoms with Crippen LogP contribution in [0.25, 0.3) is 6.08 Å². The summed E-state index contributed by atoms with van der Waals surface area (Å²) < 4.78 is 26.7. The molecule has 54 heavy (non-hydrogen) atoms. The number of aromatic hydroxyl groups is 1. The molecule has 2 N–H and O–H groups in total. The van der Waals surface area contributed by atoms with Gasteiger partial charge in [0.1, 0.15) is 35.0 Å². The number of carbonyl (C=O) groups excluding carboxylic acids is 3. The summed E-state index contributed by atoms with van der Waals surface area (Å²) in [5, 5.41) is 15.3. The smallest absolute Gasteiger partial charge is 0.333 e. The maximum absolute atomic E-state index is 15.0. The molecule has 290 valence electrons. The average molecular weight is 741 g/mol. The highest BCUT2D eigenvalue weighted by molar-refractivity contribution is 6.19. The number of ether oxygens (including phenoxy) is 4. The first kappa shape index (κ1) is 38.3. The Hall–Kier alpha value is -3.99. The lowest BCUT2D eigenvalue weighted by atomic mass is 9.51. The van der Waals surface area contributed by atoms with Crippen LogP contribution in [0.15, 0.2) is 52.7 Å². The number of fused-ring (bicyclic) bond motifs is 2. The number of carbonyl (C=O) groups is 3. The Bertz CT molecular complexity index is 1920. The summed E-state index contributed by atoms with van der Waals surface area (Å²) in [5.74, 6) is -1.43. The third-order valence-electron chi connectivity index (χ3n) is 12.3. The molecule has 4 aliphatic heterocycles. The van der Waals surface area contributed by atoms with E-state index in [1.54, 1.807) is 19.1 Å². The van der Waals surface area contributed by atoms with Crippen LogP contribution in [0.2, 0.25) is 0 Å². The van der Waals surface area contributed by atoms with Gasteiger partial charge in [-0.2, -0.15) is 0 Å². The molecule has 1 saturated carbocycles. The summed E-state index contributed by atoms with van der Waals surface area (Å²) in [4.78, 5) is 45.1. The standard InChI is InChI=1S/C44H56N2O8/c1-26(2)10-9-15-42(8)16-14-30-35(47)34-36(48)32-24-29-25-33-41(6,7)54-43(39(29)49,17-13-28(5)40(50)51-23-22-46-20-18-45-19-21-46)44(32,33)53-38(34)31(37(30)52-42)12-11-27(3)4/h10-11,13-14,16,24,29,33,45,47H,9,12,15,17-23,25H2,1-8H3/b28-13-/t29-,33+,42-,43+,44-/m1/s1. The van der Waals surface area contributed by atoms with E-state index < -0.39 is 34.3 Å². The van der Waals surface area contributed by atoms with Crippen LogP contribution in [0, 0.1) is 11.8 Å². The third-order valence-corrected chi connectivity index (χ3v) is 12.3. The number of allylic oxidation sites excluding steroid dienone is 5. The van der Waals surface area contributed by atoms with Gasteiger partial charge in [-0.05, 0) is 93.2 Å². The van der Waals surface area contributed by atoms with Crippen LogP contribution in [0.3, 0.4) is 0 Å². The Morgan fingerprint density at radius 3 is 2.44 bits per heavy atom. The molecule has 3 fully saturated rings. The minimum absolute atomic E-state index is 0.0167. The molecule has 8 rings (SSSR count). The molecule has 0 amide bonds. The second-order valence-electron chi connectivity index (χ2n) is 17.2. The van der Waals surface area contributed by atoms with Crippen LogP contribution in [-0.2, 0) is 25.5 Å². The Balaban J connectivity index is 1.30. The van der Waals surface area contributed by atoms with Crippen molar-refractivity contribution in [2.75, 3.05) is 39.3 Å². The summed E-state index contributed by atoms with van der Waals surface area (Å²) in [6.07, 6.45) is 13.9. The summed E-state index contributed by atoms with van der Waals surface area (Å²) in [7, 11) is 0. The molecule has 1 aromatic rings. The van der Waals surface area contributed by atoms with E-state index in [1.807, 2.05) is 46.8 Å². The topological polar surface area (TPSA) is 124 Å². The Labute approximate surface area is 319 Å². The molecular formula is C44H56N2O8. The number of esters is 1. The van der Waals surface area contributed by atoms with Gasteiger partial charge in [-0.1, -0.05) is 35.5 Å². The largest absolute Gasteiger partial charge is 0.506 e. The molecule has 4 bridgehead atoms. The number of hydrogen-bond donors (Lipinski definition) is 2. The molecule has 10 nitrogen and oxygen atoms in total. The van der Waals surface area contributed by atoms with Crippen LogP contribution in [0.4, 0.5) is 0 Å². The highest BCUT2D eigenvalue weighted by Crippen LogP contribution is 2.68. The molecule has 0 unspecified atom stereocenters. The molecule has 0 radical (unpaired) electrons. The van der Waals surface area contributed by atoms with Crippen molar-refractivity contribution in [3.63, 3.8) is 0 Å². The zero-order valence-corrected chi connectivity index (χ0v) is 33.1. The summed E-state index contributed by atoms with van der Waals surface area (Å²) in [6, 6.07) is 0. The van der Waals surface area contributed by atoms with E-state index in [2.05, 4.69) is 36.2 Å². The number of phenols is 1. The van der Waals surface area contributed by atoms with Crippen molar-refractivity contribution >= 4 is 23.6 Å². The SMILES string of the molecule is CC(C)=CCC[C@]1(C)C=Cc2c(O)c3c(c(CC=C(C)C)c2O1)O[C@]12C(=C[C@@H]4C[C@H]1C(C)(C)O[C@@]2(C/C=C(/C)C(=O)OCCN1CCNCC1)C4=O)C3=O. The fraction of sp³-hybridized carbons (Fsp3) is 0.568. The summed E-state index contributed by atoms with van der Waals surface area (Å²) in [6.45, 7) is 20.3. The zero-order chi connectivity index (χ0) is 38.8. The maximum atomic E-state index is 15.0. The number of piperazine rings is 1. The summed E-state index contributed by atoms with van der Waals surface area (Å²) >= 11 is 0. The molecule has 7 aliphatic rings. The quantitative estimate of drug-likeness (QED) is 0.146. The number of benzene rings is 1. The normalized spacial score (nSPS) is 30.4. The van der Waals surface area contributed by atoms with Crippen molar-refractivity contribution in [2.45, 2.75) is 110 Å². The van der Waals surface area contributed by atoms with Crippen molar-refractivity contribution in [3.8, 4) is 17.2 Å². The Morgan fingerprint density at radius 2 is 1.74 bits per heavy atom. The van der Waals surface area contributed by atoms with Crippen LogP contribution >= 0.6 is 0 Å². The van der Waals surface area contributed by atoms with Crippen molar-refractivity contribution in [2.24, 2.45) is 11.8 Å². The van der Waals surface area contributed by atoms with Gasteiger partial charge >= 0.3 is 5.97 Å². The molecule has 1 aromatic carbocycles. The number of hydrogen-bond acceptors (Lipinski definition) is 10. The Morgan fingerprint density at radius 1 is 1.02 bits per heavy atom. The molecule has 4 heterocycles. The first-order chi connectivity index (χ1) is 25.5. The van der Waals surface area contributed by atoms with Crippen LogP contribution in [0.5, 0.6) is 17.2 Å². The molecule has 3 aliphatic carbocycles. The third kappa shape index (κ3) is 6.18. The van der Waals surface area contributed by atoms with Crippen molar-refractivity contribution < 1.29 is 38.4 Å². The van der Waals surface area contributed by atoms with Crippen LogP contribution < -0.4 is 14.8 Å². The lowest BCUT2D eigenvalue weighted by Crippen LogP contribution is -2.72. The monoisotopic (exact) mass is 740 g/mol. The van der Waals surface area contributed by atoms with Crippen LogP contribution in [-0.4, -0.2) is 89.3 Å². The van der Waals surface area contributed by atoms with E-state index in [4.69, 9.17) is 18.9 Å². The van der Waals surface area contributed by atoms with E-state index in [9.17, 15) is 19.5 Å². The fourth-order valence-corrected chi connectivity index (χ4v) is 9.48. The number of ketones is 2. The number of nitrogens with zero attached hydrogens (tertiary/aromatic N) is 1. The lowest BCUT2D eigenvalue weighted by Gasteiger charge is -2.56. The minimum Gasteiger partial charge on any atom is -0.506 e. The summed E-state index contributed by atoms with van der Waals surface area (Å²) in [5.41, 5.74) is -0.461. The second-order valence-corrected chi connectivity index (χ2v) is 17.2. The highest BCUT2D eigenvalue weighted by Gasteiger charge is 2.81. The number of rotatable bonds is 11. The van der Waals surface area contributed by atoms with Gasteiger partial charge in [-0.15, -0.1) is 0 Å². The van der Waals surface area contributed by atoms with Gasteiger partial charge in [0.25, 0.3) is 0 Å². The van der Waals surface area contributed by atoms with Crippen LogP contribution in [0.1, 0.15) is 103 Å². The van der Waals surface area contributed by atoms with Gasteiger partial charge in [0.05, 0.1) is 11.2 Å². The van der Waals surface area contributed by atoms with Gasteiger partial charge in [-0.25, -0.2) is 4.79 Å². The number of Topliss-reactive ketones (excluding diaryl/α,β-unsaturated/α-hetero) is 2. The van der Waals surface area contributed by atoms with Gasteiger partial charge < -0.3 is 29.4 Å². The Kier molecular flexibility index (Phi) is 9.89. The molecule has 2 saturated heterocycles. The lowest BCUT2D eigenvalue weighted by molar-refractivity contribution is -0.171. The van der Waals surface area contributed by atoms with E-state index in [1.165, 1.54) is 5.57 Å². The fourth-order valence-electron chi connectivity index (χ4n) is 9.48. The van der Waals surface area contributed by atoms with Crippen molar-refractivity contribution in [1.82, 2.24) is 10.2 Å². The van der Waals surface area contributed by atoms with E-state index >= 15 is 0 Å². The average Bonchev–Trinajstić information content (AvgIpc) is 3.27. The predicted octanol–water partition coefficient (Wildman–Crippen LogP) is 6.60. The number of nitrogens with one attached hydrogen (secondary N) is 1. The zero-order valence-electron chi connectivity index (χ0n) is 33.1. The van der Waals surface area contributed by atoms with Gasteiger partial charge in [0, 0.05) is 67.7 Å². The molecule has 0 aromatic heterocycles. The number of phenolic OH excluding ortho intramolecular Hbond substituents is 1. The first-order valence-corrected chi connectivity index (χ1v) is 19.6. The minimum atomic E-state index is -1.59. The van der Waals surface area contributed by atoms with E-state index in [0.717, 1.165) is 38.2 Å².